The van der Waals surface area contributed by atoms with Crippen LogP contribution in [0.2, 0.25) is 5.02 Å². The van der Waals surface area contributed by atoms with Crippen LogP contribution in [0.3, 0.4) is 0 Å². The maximum absolute atomic E-state index is 6.13. The molecular weight excluding hydrogens is 289 g/mol. The van der Waals surface area contributed by atoms with Crippen LogP contribution in [-0.2, 0) is 0 Å². The van der Waals surface area contributed by atoms with Crippen molar-refractivity contribution in [3.05, 3.63) is 33.3 Å². The van der Waals surface area contributed by atoms with Gasteiger partial charge in [-0.15, -0.1) is 5.10 Å². The zero-order valence-corrected chi connectivity index (χ0v) is 11.1. The quantitative estimate of drug-likeness (QED) is 0.850. The summed E-state index contributed by atoms with van der Waals surface area (Å²) in [6, 6.07) is 5.69. The molecule has 0 aliphatic carbocycles. The first kappa shape index (κ1) is 11.6. The summed E-state index contributed by atoms with van der Waals surface area (Å²) in [5.41, 5.74) is 7.49. The van der Waals surface area contributed by atoms with Crippen molar-refractivity contribution in [3.8, 4) is 0 Å². The number of hydrogen-bond donors (Lipinski definition) is 1. The topological polar surface area (TPSA) is 50.7 Å². The van der Waals surface area contributed by atoms with Gasteiger partial charge in [-0.1, -0.05) is 34.5 Å². The van der Waals surface area contributed by atoms with Gasteiger partial charge >= 0.3 is 0 Å². The van der Waals surface area contributed by atoms with E-state index in [-0.39, 0.29) is 5.92 Å². The number of hydrogen-bond acceptors (Lipinski definition) is 3. The van der Waals surface area contributed by atoms with Crippen molar-refractivity contribution < 1.29 is 0 Å². The van der Waals surface area contributed by atoms with Gasteiger partial charge < -0.3 is 5.73 Å². The second kappa shape index (κ2) is 4.55. The van der Waals surface area contributed by atoms with E-state index < -0.39 is 0 Å². The predicted molar refractivity (Wildman–Crippen MR) is 71.1 cm³/mol. The van der Waals surface area contributed by atoms with E-state index in [9.17, 15) is 0 Å². The number of halogens is 2. The van der Waals surface area contributed by atoms with Crippen molar-refractivity contribution in [1.82, 2.24) is 0 Å². The summed E-state index contributed by atoms with van der Waals surface area (Å²) in [6.45, 7) is 2.03. The van der Waals surface area contributed by atoms with E-state index in [4.69, 9.17) is 17.3 Å². The van der Waals surface area contributed by atoms with Crippen molar-refractivity contribution in [2.45, 2.75) is 13.3 Å². The maximum atomic E-state index is 6.13. The lowest BCUT2D eigenvalue weighted by molar-refractivity contribution is 0.779. The van der Waals surface area contributed by atoms with Gasteiger partial charge in [0.2, 0.25) is 0 Å². The Morgan fingerprint density at radius 2 is 2.19 bits per heavy atom. The molecule has 0 bridgehead atoms. The Labute approximate surface area is 108 Å². The number of amidine groups is 1. The van der Waals surface area contributed by atoms with Crippen LogP contribution in [0.5, 0.6) is 0 Å². The Bertz CT molecular complexity index is 482. The summed E-state index contributed by atoms with van der Waals surface area (Å²) >= 11 is 9.55. The van der Waals surface area contributed by atoms with Gasteiger partial charge in [0.25, 0.3) is 0 Å². The molecule has 0 radical (unpaired) electrons. The van der Waals surface area contributed by atoms with Crippen LogP contribution >= 0.6 is 27.5 Å². The zero-order chi connectivity index (χ0) is 11.7. The Kier molecular flexibility index (Phi) is 3.30. The maximum Gasteiger partial charge on any atom is 0.125 e. The fraction of sp³-hybridized carbons (Fsp3) is 0.273. The second-order valence-electron chi connectivity index (χ2n) is 3.80. The lowest BCUT2D eigenvalue weighted by Crippen LogP contribution is -2.26. The SMILES string of the molecule is CC1CC(c2cc(Br)ccc2Cl)=NN=C1N. The summed E-state index contributed by atoms with van der Waals surface area (Å²) < 4.78 is 0.977. The Morgan fingerprint density at radius 3 is 2.88 bits per heavy atom. The molecule has 16 heavy (non-hydrogen) atoms. The van der Waals surface area contributed by atoms with Crippen LogP contribution in [0.1, 0.15) is 18.9 Å². The molecule has 1 aromatic carbocycles. The van der Waals surface area contributed by atoms with Crippen LogP contribution in [0.25, 0.3) is 0 Å². The van der Waals surface area contributed by atoms with Crippen molar-refractivity contribution in [3.63, 3.8) is 0 Å². The van der Waals surface area contributed by atoms with Crippen LogP contribution in [0, 0.1) is 5.92 Å². The molecule has 84 valence electrons. The van der Waals surface area contributed by atoms with E-state index in [2.05, 4.69) is 26.1 Å². The van der Waals surface area contributed by atoms with Gasteiger partial charge in [0.05, 0.1) is 5.71 Å². The summed E-state index contributed by atoms with van der Waals surface area (Å²) in [5.74, 6) is 0.789. The minimum Gasteiger partial charge on any atom is -0.385 e. The fourth-order valence-corrected chi connectivity index (χ4v) is 2.12. The van der Waals surface area contributed by atoms with Crippen LogP contribution < -0.4 is 5.73 Å². The number of benzene rings is 1. The lowest BCUT2D eigenvalue weighted by Gasteiger charge is -2.17. The Balaban J connectivity index is 2.42. The van der Waals surface area contributed by atoms with Gasteiger partial charge in [0, 0.05) is 27.4 Å². The molecule has 5 heteroatoms. The van der Waals surface area contributed by atoms with E-state index >= 15 is 0 Å². The molecule has 0 saturated carbocycles. The highest BCUT2D eigenvalue weighted by molar-refractivity contribution is 9.10. The lowest BCUT2D eigenvalue weighted by atomic mass is 9.97. The molecule has 1 aromatic rings. The largest absolute Gasteiger partial charge is 0.385 e. The van der Waals surface area contributed by atoms with Crippen molar-refractivity contribution in [2.24, 2.45) is 21.9 Å². The molecule has 2 N–H and O–H groups in total. The van der Waals surface area contributed by atoms with Gasteiger partial charge in [-0.05, 0) is 18.2 Å². The molecule has 1 unspecified atom stereocenters. The molecular formula is C11H11BrClN3. The van der Waals surface area contributed by atoms with Gasteiger partial charge in [0.1, 0.15) is 5.84 Å². The Hall–Kier alpha value is -0.870. The van der Waals surface area contributed by atoms with Crippen molar-refractivity contribution in [2.75, 3.05) is 0 Å². The van der Waals surface area contributed by atoms with Crippen molar-refractivity contribution >= 4 is 39.1 Å². The fourth-order valence-electron chi connectivity index (χ4n) is 1.53. The van der Waals surface area contributed by atoms with Crippen molar-refractivity contribution in [1.29, 1.82) is 0 Å². The second-order valence-corrected chi connectivity index (χ2v) is 5.12. The smallest absolute Gasteiger partial charge is 0.125 e. The minimum absolute atomic E-state index is 0.211. The highest BCUT2D eigenvalue weighted by atomic mass is 79.9. The third-order valence-corrected chi connectivity index (χ3v) is 3.35. The molecule has 2 rings (SSSR count). The molecule has 0 fully saturated rings. The highest BCUT2D eigenvalue weighted by Gasteiger charge is 2.19. The van der Waals surface area contributed by atoms with E-state index in [1.54, 1.807) is 0 Å². The van der Waals surface area contributed by atoms with Crippen LogP contribution in [0.4, 0.5) is 0 Å². The first-order chi connectivity index (χ1) is 7.58. The number of rotatable bonds is 1. The van der Waals surface area contributed by atoms with E-state index in [1.807, 2.05) is 25.1 Å². The molecule has 1 heterocycles. The molecule has 0 spiro atoms. The summed E-state index contributed by atoms with van der Waals surface area (Å²) in [5, 5.41) is 8.74. The Morgan fingerprint density at radius 1 is 1.44 bits per heavy atom. The first-order valence-electron chi connectivity index (χ1n) is 4.93. The number of nitrogens with two attached hydrogens (primary N) is 1. The van der Waals surface area contributed by atoms with E-state index in [1.165, 1.54) is 0 Å². The molecule has 0 aromatic heterocycles. The summed E-state index contributed by atoms with van der Waals surface area (Å²) in [6.07, 6.45) is 0.769. The van der Waals surface area contributed by atoms with Crippen LogP contribution in [0.15, 0.2) is 32.9 Å². The third kappa shape index (κ3) is 2.28. The highest BCUT2D eigenvalue weighted by Crippen LogP contribution is 2.25. The average Bonchev–Trinajstić information content (AvgIpc) is 2.26. The van der Waals surface area contributed by atoms with Crippen LogP contribution in [-0.4, -0.2) is 11.5 Å². The average molecular weight is 301 g/mol. The standard InChI is InChI=1S/C11H11BrClN3/c1-6-4-10(15-16-11(6)14)8-5-7(12)2-3-9(8)13/h2-3,5-6H,4H2,1H3,(H2,14,16). The molecule has 0 amide bonds. The van der Waals surface area contributed by atoms with Gasteiger partial charge in [-0.3, -0.25) is 0 Å². The molecule has 1 aliphatic heterocycles. The monoisotopic (exact) mass is 299 g/mol. The molecule has 1 aliphatic rings. The predicted octanol–water partition coefficient (Wildman–Crippen LogP) is 3.20. The summed E-state index contributed by atoms with van der Waals surface area (Å²) in [4.78, 5) is 0. The third-order valence-electron chi connectivity index (χ3n) is 2.53. The first-order valence-corrected chi connectivity index (χ1v) is 6.10. The molecule has 3 nitrogen and oxygen atoms in total. The minimum atomic E-state index is 0.211. The van der Waals surface area contributed by atoms with Gasteiger partial charge in [-0.2, -0.15) is 5.10 Å². The normalized spacial score (nSPS) is 20.3. The molecule has 0 saturated heterocycles. The molecule has 1 atom stereocenters. The summed E-state index contributed by atoms with van der Waals surface area (Å²) in [7, 11) is 0. The van der Waals surface area contributed by atoms with E-state index in [0.29, 0.717) is 10.9 Å². The number of nitrogens with zero attached hydrogens (tertiary/aromatic N) is 2. The zero-order valence-electron chi connectivity index (χ0n) is 8.74. The van der Waals surface area contributed by atoms with Gasteiger partial charge in [0.15, 0.2) is 0 Å². The van der Waals surface area contributed by atoms with E-state index in [0.717, 1.165) is 22.2 Å². The van der Waals surface area contributed by atoms with Gasteiger partial charge in [-0.25, -0.2) is 0 Å².